The second-order valence-corrected chi connectivity index (χ2v) is 10.2. The molecule has 0 aliphatic carbocycles. The molecular weight excluding hydrogens is 544 g/mol. The highest BCUT2D eigenvalue weighted by molar-refractivity contribution is 9.10. The van der Waals surface area contributed by atoms with Crippen LogP contribution in [0.3, 0.4) is 0 Å². The number of ketones is 1. The van der Waals surface area contributed by atoms with Gasteiger partial charge in [-0.15, -0.1) is 0 Å². The number of fused-ring (bicyclic) bond motifs is 1. The summed E-state index contributed by atoms with van der Waals surface area (Å²) in [6.45, 7) is 1.84. The summed E-state index contributed by atoms with van der Waals surface area (Å²) in [5.74, 6) is -0.454. The SMILES string of the molecule is COc1ccc2nc(N3C(=O)C(=O)C(=C(O)c4ccc(OC)c(C)c4)[C@@H]3c3ccc(Br)cc3)sc2c1. The molecule has 1 aliphatic rings. The maximum atomic E-state index is 13.4. The van der Waals surface area contributed by atoms with Crippen LogP contribution in [0.15, 0.2) is 70.7 Å². The zero-order valence-corrected chi connectivity index (χ0v) is 22.0. The van der Waals surface area contributed by atoms with Gasteiger partial charge < -0.3 is 14.6 Å². The first-order chi connectivity index (χ1) is 17.3. The molecule has 1 saturated heterocycles. The molecule has 0 bridgehead atoms. The summed E-state index contributed by atoms with van der Waals surface area (Å²) in [5, 5.41) is 11.7. The van der Waals surface area contributed by atoms with Gasteiger partial charge in [0.2, 0.25) is 0 Å². The predicted molar refractivity (Wildman–Crippen MR) is 143 cm³/mol. The fourth-order valence-electron chi connectivity index (χ4n) is 4.29. The van der Waals surface area contributed by atoms with Gasteiger partial charge in [0.15, 0.2) is 5.13 Å². The molecule has 0 unspecified atom stereocenters. The van der Waals surface area contributed by atoms with Crippen molar-refractivity contribution >= 4 is 60.1 Å². The molecule has 7 nitrogen and oxygen atoms in total. The number of hydrogen-bond acceptors (Lipinski definition) is 7. The van der Waals surface area contributed by atoms with Crippen LogP contribution in [-0.4, -0.2) is 36.0 Å². The van der Waals surface area contributed by atoms with Gasteiger partial charge in [0, 0.05) is 10.0 Å². The van der Waals surface area contributed by atoms with E-state index < -0.39 is 17.7 Å². The Morgan fingerprint density at radius 3 is 2.44 bits per heavy atom. The van der Waals surface area contributed by atoms with Crippen molar-refractivity contribution < 1.29 is 24.2 Å². The third-order valence-corrected chi connectivity index (χ3v) is 7.63. The number of carbonyl (C=O) groups excluding carboxylic acids is 2. The first kappa shape index (κ1) is 24.0. The van der Waals surface area contributed by atoms with E-state index in [0.29, 0.717) is 33.3 Å². The van der Waals surface area contributed by atoms with Crippen LogP contribution >= 0.6 is 27.3 Å². The molecule has 9 heteroatoms. The van der Waals surface area contributed by atoms with Crippen LogP contribution in [-0.2, 0) is 9.59 Å². The molecule has 0 spiro atoms. The molecule has 0 radical (unpaired) electrons. The third kappa shape index (κ3) is 4.04. The van der Waals surface area contributed by atoms with Crippen LogP contribution in [0.5, 0.6) is 11.5 Å². The molecule has 1 amide bonds. The van der Waals surface area contributed by atoms with Crippen molar-refractivity contribution in [1.82, 2.24) is 4.98 Å². The van der Waals surface area contributed by atoms with E-state index in [1.807, 2.05) is 37.3 Å². The van der Waals surface area contributed by atoms with E-state index in [0.717, 1.165) is 14.7 Å². The van der Waals surface area contributed by atoms with E-state index in [1.165, 1.54) is 16.2 Å². The Kier molecular flexibility index (Phi) is 6.27. The summed E-state index contributed by atoms with van der Waals surface area (Å²) in [5.41, 5.74) is 2.56. The lowest BCUT2D eigenvalue weighted by molar-refractivity contribution is -0.132. The van der Waals surface area contributed by atoms with Crippen molar-refractivity contribution in [3.8, 4) is 11.5 Å². The molecule has 1 aliphatic heterocycles. The number of Topliss-reactive ketones (excluding diaryl/α,β-unsaturated/α-hetero) is 1. The van der Waals surface area contributed by atoms with Crippen molar-refractivity contribution in [2.75, 3.05) is 19.1 Å². The first-order valence-electron chi connectivity index (χ1n) is 11.0. The molecule has 1 fully saturated rings. The van der Waals surface area contributed by atoms with E-state index >= 15 is 0 Å². The number of anilines is 1. The molecule has 1 N–H and O–H groups in total. The highest BCUT2D eigenvalue weighted by Gasteiger charge is 2.48. The van der Waals surface area contributed by atoms with Gasteiger partial charge in [0.05, 0.1) is 36.1 Å². The Labute approximate surface area is 219 Å². The summed E-state index contributed by atoms with van der Waals surface area (Å²) in [6.07, 6.45) is 0. The Balaban J connectivity index is 1.71. The number of thiazole rings is 1. The van der Waals surface area contributed by atoms with Crippen molar-refractivity contribution in [2.24, 2.45) is 0 Å². The second kappa shape index (κ2) is 9.40. The summed E-state index contributed by atoms with van der Waals surface area (Å²) in [4.78, 5) is 32.8. The van der Waals surface area contributed by atoms with Crippen molar-refractivity contribution in [1.29, 1.82) is 0 Å². The summed E-state index contributed by atoms with van der Waals surface area (Å²) in [6, 6.07) is 17.0. The van der Waals surface area contributed by atoms with Gasteiger partial charge in [-0.25, -0.2) is 4.98 Å². The molecule has 5 rings (SSSR count). The number of amides is 1. The number of carbonyl (C=O) groups is 2. The molecule has 36 heavy (non-hydrogen) atoms. The Morgan fingerprint density at radius 2 is 1.78 bits per heavy atom. The molecule has 1 aromatic heterocycles. The molecule has 2 heterocycles. The van der Waals surface area contributed by atoms with Crippen LogP contribution in [0.1, 0.15) is 22.7 Å². The number of aliphatic hydroxyl groups excluding tert-OH is 1. The number of hydrogen-bond donors (Lipinski definition) is 1. The minimum absolute atomic E-state index is 0.00345. The normalized spacial score (nSPS) is 17.1. The maximum Gasteiger partial charge on any atom is 0.301 e. The number of aryl methyl sites for hydroxylation is 1. The number of aromatic nitrogens is 1. The fourth-order valence-corrected chi connectivity index (χ4v) is 5.58. The first-order valence-corrected chi connectivity index (χ1v) is 12.6. The number of aliphatic hydroxyl groups is 1. The van der Waals surface area contributed by atoms with Gasteiger partial charge in [-0.2, -0.15) is 0 Å². The molecule has 4 aromatic rings. The van der Waals surface area contributed by atoms with Gasteiger partial charge in [-0.05, 0) is 66.6 Å². The zero-order chi connectivity index (χ0) is 25.6. The molecule has 3 aromatic carbocycles. The van der Waals surface area contributed by atoms with Crippen LogP contribution in [0.25, 0.3) is 16.0 Å². The summed E-state index contributed by atoms with van der Waals surface area (Å²) < 4.78 is 12.3. The number of benzene rings is 3. The van der Waals surface area contributed by atoms with E-state index in [2.05, 4.69) is 20.9 Å². The highest BCUT2D eigenvalue weighted by Crippen LogP contribution is 2.45. The lowest BCUT2D eigenvalue weighted by Crippen LogP contribution is -2.29. The fraction of sp³-hybridized carbons (Fsp3) is 0.148. The highest BCUT2D eigenvalue weighted by atomic mass is 79.9. The maximum absolute atomic E-state index is 13.4. The number of rotatable bonds is 5. The van der Waals surface area contributed by atoms with Crippen molar-refractivity contribution in [3.05, 3.63) is 87.4 Å². The summed E-state index contributed by atoms with van der Waals surface area (Å²) >= 11 is 4.71. The van der Waals surface area contributed by atoms with Gasteiger partial charge in [0.1, 0.15) is 17.3 Å². The van der Waals surface area contributed by atoms with Crippen LogP contribution in [0.2, 0.25) is 0 Å². The monoisotopic (exact) mass is 564 g/mol. The topological polar surface area (TPSA) is 89.0 Å². The van der Waals surface area contributed by atoms with Crippen molar-refractivity contribution in [3.63, 3.8) is 0 Å². The number of nitrogens with zero attached hydrogens (tertiary/aromatic N) is 2. The number of halogens is 1. The van der Waals surface area contributed by atoms with E-state index in [-0.39, 0.29) is 11.3 Å². The minimum Gasteiger partial charge on any atom is -0.507 e. The minimum atomic E-state index is -0.858. The third-order valence-electron chi connectivity index (χ3n) is 6.09. The number of methoxy groups -OCH3 is 2. The van der Waals surface area contributed by atoms with Crippen LogP contribution in [0.4, 0.5) is 5.13 Å². The molecule has 0 saturated carbocycles. The largest absolute Gasteiger partial charge is 0.507 e. The van der Waals surface area contributed by atoms with Crippen LogP contribution < -0.4 is 14.4 Å². The standard InChI is InChI=1S/C27H21BrN2O5S/c1-14-12-16(6-11-20(14)35-3)24(31)22-23(15-4-7-17(28)8-5-15)30(26(33)25(22)32)27-29-19-10-9-18(34-2)13-21(19)36-27/h4-13,23,31H,1-3H3/t23-/m0/s1. The van der Waals surface area contributed by atoms with Crippen molar-refractivity contribution in [2.45, 2.75) is 13.0 Å². The van der Waals surface area contributed by atoms with Gasteiger partial charge in [-0.3, -0.25) is 14.5 Å². The lowest BCUT2D eigenvalue weighted by Gasteiger charge is -2.23. The average Bonchev–Trinajstić information content (AvgIpc) is 3.41. The smallest absolute Gasteiger partial charge is 0.301 e. The Bertz CT molecular complexity index is 1540. The van der Waals surface area contributed by atoms with Gasteiger partial charge in [-0.1, -0.05) is 39.4 Å². The molecule has 182 valence electrons. The zero-order valence-electron chi connectivity index (χ0n) is 19.6. The average molecular weight is 565 g/mol. The molecular formula is C27H21BrN2O5S. The van der Waals surface area contributed by atoms with Crippen LogP contribution in [0, 0.1) is 6.92 Å². The second-order valence-electron chi connectivity index (χ2n) is 8.24. The van der Waals surface area contributed by atoms with Gasteiger partial charge in [0.25, 0.3) is 5.78 Å². The van der Waals surface area contributed by atoms with E-state index in [9.17, 15) is 14.7 Å². The number of ether oxygens (including phenoxy) is 2. The van der Waals surface area contributed by atoms with E-state index in [4.69, 9.17) is 9.47 Å². The quantitative estimate of drug-likeness (QED) is 0.181. The Morgan fingerprint density at radius 1 is 1.03 bits per heavy atom. The molecule has 1 atom stereocenters. The Hall–Kier alpha value is -3.69. The summed E-state index contributed by atoms with van der Waals surface area (Å²) in [7, 11) is 3.14. The predicted octanol–water partition coefficient (Wildman–Crippen LogP) is 6.01. The lowest BCUT2D eigenvalue weighted by atomic mass is 9.95. The van der Waals surface area contributed by atoms with Gasteiger partial charge >= 0.3 is 5.91 Å². The van der Waals surface area contributed by atoms with E-state index in [1.54, 1.807) is 44.6 Å².